The molecular weight excluding hydrogens is 587 g/mol. The van der Waals surface area contributed by atoms with Crippen LogP contribution >= 0.6 is 17.0 Å². The number of nitrogens with one attached hydrogen (secondary N) is 2. The Morgan fingerprint density at radius 2 is 1.80 bits per heavy atom. The lowest BCUT2D eigenvalue weighted by atomic mass is 10.1. The Morgan fingerprint density at radius 3 is 2.50 bits per heavy atom. The lowest BCUT2D eigenvalue weighted by molar-refractivity contribution is -0.137. The van der Waals surface area contributed by atoms with Crippen molar-refractivity contribution >= 4 is 40.2 Å². The largest absolute Gasteiger partial charge is 0.416 e. The SMILES string of the molecule is Br.Cc1cn(-c2cc(NC(=O)c3ccc(C)c(Nc4nccc(-c5cccnc5)n4)c3)cc(C(F)(F)F)c2)cn1. The molecule has 3 aromatic heterocycles. The van der Waals surface area contributed by atoms with Crippen LogP contribution in [0, 0.1) is 13.8 Å². The molecule has 0 unspecified atom stereocenters. The molecule has 0 radical (unpaired) electrons. The number of hydrogen-bond acceptors (Lipinski definition) is 6. The second-order valence-electron chi connectivity index (χ2n) is 8.80. The number of rotatable bonds is 6. The van der Waals surface area contributed by atoms with Gasteiger partial charge < -0.3 is 15.2 Å². The molecule has 0 fully saturated rings. The van der Waals surface area contributed by atoms with Gasteiger partial charge in [-0.25, -0.2) is 15.0 Å². The van der Waals surface area contributed by atoms with Gasteiger partial charge in [0.15, 0.2) is 0 Å². The Kier molecular flexibility index (Phi) is 8.29. The quantitative estimate of drug-likeness (QED) is 0.216. The number of imidazole rings is 1. The Hall–Kier alpha value is -4.58. The first kappa shape index (κ1) is 28.4. The third-order valence-corrected chi connectivity index (χ3v) is 5.87. The highest BCUT2D eigenvalue weighted by molar-refractivity contribution is 8.93. The van der Waals surface area contributed by atoms with Gasteiger partial charge in [-0.3, -0.25) is 9.78 Å². The second kappa shape index (κ2) is 11.7. The van der Waals surface area contributed by atoms with E-state index in [9.17, 15) is 18.0 Å². The lowest BCUT2D eigenvalue weighted by Crippen LogP contribution is -2.14. The average molecular weight is 610 g/mol. The molecule has 0 aliphatic heterocycles. The summed E-state index contributed by atoms with van der Waals surface area (Å²) in [5, 5.41) is 5.71. The minimum absolute atomic E-state index is 0. The molecule has 0 saturated carbocycles. The van der Waals surface area contributed by atoms with Crippen molar-refractivity contribution in [2.45, 2.75) is 20.0 Å². The molecule has 40 heavy (non-hydrogen) atoms. The molecule has 0 spiro atoms. The number of hydrogen-bond donors (Lipinski definition) is 2. The van der Waals surface area contributed by atoms with Gasteiger partial charge in [-0.1, -0.05) is 6.07 Å². The second-order valence-corrected chi connectivity index (χ2v) is 8.80. The molecule has 1 amide bonds. The first-order valence-corrected chi connectivity index (χ1v) is 11.8. The zero-order chi connectivity index (χ0) is 27.6. The van der Waals surface area contributed by atoms with Gasteiger partial charge in [0.25, 0.3) is 5.91 Å². The van der Waals surface area contributed by atoms with E-state index in [1.54, 1.807) is 62.0 Å². The average Bonchev–Trinajstić information content (AvgIpc) is 3.36. The standard InChI is InChI=1S/C28H22F3N7O.BrH/c1-17-5-6-19(10-25(17)37-27-33-9-7-24(36-27)20-4-3-8-32-14-20)26(39)35-22-11-21(28(29,30)31)12-23(13-22)38-15-18(2)34-16-38;/h3-16H,1-2H3,(H,35,39)(H,33,36,37);1H. The number of halogens is 4. The van der Waals surface area contributed by atoms with E-state index < -0.39 is 17.6 Å². The van der Waals surface area contributed by atoms with Gasteiger partial charge in [-0.05, 0) is 67.9 Å². The monoisotopic (exact) mass is 609 g/mol. The number of aromatic nitrogens is 5. The predicted molar refractivity (Wildman–Crippen MR) is 151 cm³/mol. The van der Waals surface area contributed by atoms with Crippen molar-refractivity contribution in [3.63, 3.8) is 0 Å². The molecule has 12 heteroatoms. The molecular formula is C28H23BrF3N7O. The molecule has 0 bridgehead atoms. The first-order chi connectivity index (χ1) is 18.7. The minimum atomic E-state index is -4.60. The van der Waals surface area contributed by atoms with Crippen LogP contribution in [0.25, 0.3) is 16.9 Å². The van der Waals surface area contributed by atoms with Crippen LogP contribution < -0.4 is 10.6 Å². The van der Waals surface area contributed by atoms with Gasteiger partial charge >= 0.3 is 6.18 Å². The molecule has 204 valence electrons. The molecule has 8 nitrogen and oxygen atoms in total. The Bertz CT molecular complexity index is 1660. The van der Waals surface area contributed by atoms with E-state index in [2.05, 4.69) is 30.6 Å². The molecule has 0 aliphatic carbocycles. The molecule has 2 N–H and O–H groups in total. The van der Waals surface area contributed by atoms with Crippen LogP contribution in [-0.2, 0) is 6.18 Å². The maximum absolute atomic E-state index is 13.6. The number of benzene rings is 2. The molecule has 0 aliphatic rings. The Balaban J connectivity index is 0.00000370. The van der Waals surface area contributed by atoms with Gasteiger partial charge in [0.2, 0.25) is 5.95 Å². The normalized spacial score (nSPS) is 11.0. The summed E-state index contributed by atoms with van der Waals surface area (Å²) in [5.74, 6) is -0.259. The Labute approximate surface area is 238 Å². The van der Waals surface area contributed by atoms with Crippen LogP contribution in [0.4, 0.5) is 30.5 Å². The van der Waals surface area contributed by atoms with Crippen LogP contribution in [0.15, 0.2) is 85.7 Å². The maximum Gasteiger partial charge on any atom is 0.416 e. The van der Waals surface area contributed by atoms with Crippen LogP contribution in [0.5, 0.6) is 0 Å². The smallest absolute Gasteiger partial charge is 0.324 e. The van der Waals surface area contributed by atoms with Gasteiger partial charge in [0.05, 0.1) is 23.3 Å². The van der Waals surface area contributed by atoms with E-state index in [0.29, 0.717) is 23.0 Å². The highest BCUT2D eigenvalue weighted by Crippen LogP contribution is 2.33. The van der Waals surface area contributed by atoms with Crippen LogP contribution in [0.2, 0.25) is 0 Å². The van der Waals surface area contributed by atoms with Gasteiger partial charge in [0.1, 0.15) is 0 Å². The number of anilines is 3. The molecule has 0 atom stereocenters. The molecule has 5 aromatic rings. The molecule has 2 aromatic carbocycles. The van der Waals surface area contributed by atoms with E-state index in [-0.39, 0.29) is 33.9 Å². The molecule has 5 rings (SSSR count). The van der Waals surface area contributed by atoms with Gasteiger partial charge in [-0.2, -0.15) is 13.2 Å². The van der Waals surface area contributed by atoms with Crippen molar-refractivity contribution in [2.75, 3.05) is 10.6 Å². The summed E-state index contributed by atoms with van der Waals surface area (Å²) in [4.78, 5) is 30.1. The van der Waals surface area contributed by atoms with Gasteiger partial charge in [-0.15, -0.1) is 17.0 Å². The number of nitrogens with zero attached hydrogens (tertiary/aromatic N) is 5. The number of carbonyl (C=O) groups is 1. The van der Waals surface area contributed by atoms with Crippen molar-refractivity contribution in [3.8, 4) is 16.9 Å². The van der Waals surface area contributed by atoms with E-state index in [1.165, 1.54) is 17.0 Å². The van der Waals surface area contributed by atoms with Crippen molar-refractivity contribution in [3.05, 3.63) is 108 Å². The number of amides is 1. The molecule has 0 saturated heterocycles. The maximum atomic E-state index is 13.6. The van der Waals surface area contributed by atoms with Crippen LogP contribution in [0.1, 0.15) is 27.2 Å². The van der Waals surface area contributed by atoms with Crippen molar-refractivity contribution in [1.82, 2.24) is 24.5 Å². The summed E-state index contributed by atoms with van der Waals surface area (Å²) in [6, 6.07) is 13.7. The summed E-state index contributed by atoms with van der Waals surface area (Å²) in [6.45, 7) is 3.58. The van der Waals surface area contributed by atoms with Crippen molar-refractivity contribution < 1.29 is 18.0 Å². The fourth-order valence-electron chi connectivity index (χ4n) is 3.87. The van der Waals surface area contributed by atoms with Crippen LogP contribution in [-0.4, -0.2) is 30.4 Å². The fraction of sp³-hybridized carbons (Fsp3) is 0.107. The lowest BCUT2D eigenvalue weighted by Gasteiger charge is -2.14. The van der Waals surface area contributed by atoms with Crippen molar-refractivity contribution in [1.29, 1.82) is 0 Å². The topological polar surface area (TPSA) is 97.6 Å². The predicted octanol–water partition coefficient (Wildman–Crippen LogP) is 6.93. The Morgan fingerprint density at radius 1 is 0.975 bits per heavy atom. The summed E-state index contributed by atoms with van der Waals surface area (Å²) >= 11 is 0. The first-order valence-electron chi connectivity index (χ1n) is 11.8. The van der Waals surface area contributed by atoms with Crippen molar-refractivity contribution in [2.24, 2.45) is 0 Å². The zero-order valence-corrected chi connectivity index (χ0v) is 23.0. The third-order valence-electron chi connectivity index (χ3n) is 5.87. The van der Waals surface area contributed by atoms with E-state index in [0.717, 1.165) is 23.3 Å². The summed E-state index contributed by atoms with van der Waals surface area (Å²) < 4.78 is 42.3. The fourth-order valence-corrected chi connectivity index (χ4v) is 3.87. The minimum Gasteiger partial charge on any atom is -0.324 e. The number of aryl methyl sites for hydroxylation is 2. The van der Waals surface area contributed by atoms with Gasteiger partial charge in [0, 0.05) is 53.0 Å². The zero-order valence-electron chi connectivity index (χ0n) is 21.3. The molecule has 3 heterocycles. The highest BCUT2D eigenvalue weighted by Gasteiger charge is 2.31. The van der Waals surface area contributed by atoms with E-state index >= 15 is 0 Å². The third kappa shape index (κ3) is 6.52. The highest BCUT2D eigenvalue weighted by atomic mass is 79.9. The van der Waals surface area contributed by atoms with E-state index in [1.807, 2.05) is 13.0 Å². The number of pyridine rings is 1. The number of alkyl halides is 3. The van der Waals surface area contributed by atoms with Crippen LogP contribution in [0.3, 0.4) is 0 Å². The number of carbonyl (C=O) groups excluding carboxylic acids is 1. The summed E-state index contributed by atoms with van der Waals surface area (Å²) in [7, 11) is 0. The summed E-state index contributed by atoms with van der Waals surface area (Å²) in [6.07, 6.45) is 3.38. The summed E-state index contributed by atoms with van der Waals surface area (Å²) in [5.41, 5.74) is 3.09. The van der Waals surface area contributed by atoms with E-state index in [4.69, 9.17) is 0 Å².